The number of rotatable bonds is 5. The molecule has 3 nitrogen and oxygen atoms in total. The smallest absolute Gasteiger partial charge is 0.123 e. The summed E-state index contributed by atoms with van der Waals surface area (Å²) in [4.78, 5) is 4.32. The Balaban J connectivity index is 0.00000137. The highest BCUT2D eigenvalue weighted by Gasteiger charge is 1.95. The van der Waals surface area contributed by atoms with E-state index in [0.717, 1.165) is 16.5 Å². The first-order valence-corrected chi connectivity index (χ1v) is 6.64. The van der Waals surface area contributed by atoms with Gasteiger partial charge in [-0.3, -0.25) is 4.99 Å². The van der Waals surface area contributed by atoms with Crippen LogP contribution in [0.3, 0.4) is 0 Å². The quantitative estimate of drug-likeness (QED) is 0.355. The van der Waals surface area contributed by atoms with Crippen LogP contribution in [0.4, 0.5) is 0 Å². The fourth-order valence-electron chi connectivity index (χ4n) is 1.12. The van der Waals surface area contributed by atoms with E-state index in [2.05, 4.69) is 17.8 Å². The van der Waals surface area contributed by atoms with Crippen molar-refractivity contribution >= 4 is 16.8 Å². The van der Waals surface area contributed by atoms with Crippen molar-refractivity contribution in [2.45, 2.75) is 6.92 Å². The summed E-state index contributed by atoms with van der Waals surface area (Å²) >= 11 is 1.65. The van der Waals surface area contributed by atoms with Gasteiger partial charge >= 0.3 is 0 Å². The van der Waals surface area contributed by atoms with Gasteiger partial charge in [0.1, 0.15) is 18.1 Å². The van der Waals surface area contributed by atoms with Crippen LogP contribution in [0.15, 0.2) is 29.3 Å². The van der Waals surface area contributed by atoms with Crippen LogP contribution in [0.5, 0.6) is 11.5 Å². The molecule has 0 spiro atoms. The Morgan fingerprint density at radius 3 is 2.61 bits per heavy atom. The molecule has 0 radical (unpaired) electrons. The fourth-order valence-corrected chi connectivity index (χ4v) is 1.34. The molecule has 0 saturated carbocycles. The third kappa shape index (κ3) is 6.87. The predicted octanol–water partition coefficient (Wildman–Crippen LogP) is 3.10. The van der Waals surface area contributed by atoms with Crippen LogP contribution in [0.1, 0.15) is 6.92 Å². The molecule has 1 aromatic carbocycles. The van der Waals surface area contributed by atoms with Gasteiger partial charge < -0.3 is 9.47 Å². The molecule has 4 heteroatoms. The molecule has 0 aliphatic rings. The molecule has 0 heterocycles. The van der Waals surface area contributed by atoms with Gasteiger partial charge in [0.05, 0.1) is 18.7 Å². The van der Waals surface area contributed by atoms with Crippen molar-refractivity contribution < 1.29 is 9.47 Å². The molecule has 0 saturated heterocycles. The van der Waals surface area contributed by atoms with Crippen molar-refractivity contribution in [1.29, 1.82) is 0 Å². The highest BCUT2D eigenvalue weighted by atomic mass is 32.2. The van der Waals surface area contributed by atoms with E-state index in [4.69, 9.17) is 9.47 Å². The van der Waals surface area contributed by atoms with E-state index in [1.165, 1.54) is 0 Å². The van der Waals surface area contributed by atoms with Crippen molar-refractivity contribution in [3.8, 4) is 24.3 Å². The van der Waals surface area contributed by atoms with E-state index in [1.54, 1.807) is 18.9 Å². The molecule has 0 aliphatic heterocycles. The second-order valence-corrected chi connectivity index (χ2v) is 4.13. The lowest BCUT2D eigenvalue weighted by Gasteiger charge is -2.06. The minimum Gasteiger partial charge on any atom is -0.497 e. The number of aliphatic imine (C=N–C) groups is 1. The summed E-state index contributed by atoms with van der Waals surface area (Å²) in [6, 6.07) is 7.58. The largest absolute Gasteiger partial charge is 0.497 e. The van der Waals surface area contributed by atoms with Crippen LogP contribution in [-0.4, -0.2) is 31.6 Å². The third-order valence-corrected chi connectivity index (χ3v) is 2.75. The Labute approximate surface area is 114 Å². The second kappa shape index (κ2) is 10.5. The molecular weight excluding hydrogens is 246 g/mol. The van der Waals surface area contributed by atoms with E-state index in [0.29, 0.717) is 13.2 Å². The number of ether oxygens (including phenoxy) is 2. The van der Waals surface area contributed by atoms with E-state index in [1.807, 2.05) is 37.4 Å². The highest BCUT2D eigenvalue weighted by Crippen LogP contribution is 2.18. The average Bonchev–Trinajstić information content (AvgIpc) is 2.45. The Hall–Kier alpha value is -1.60. The number of hydrogen-bond acceptors (Lipinski definition) is 4. The van der Waals surface area contributed by atoms with Crippen LogP contribution in [-0.2, 0) is 0 Å². The summed E-state index contributed by atoms with van der Waals surface area (Å²) < 4.78 is 10.7. The van der Waals surface area contributed by atoms with Gasteiger partial charge in [-0.15, -0.1) is 24.6 Å². The van der Waals surface area contributed by atoms with Gasteiger partial charge in [-0.25, -0.2) is 0 Å². The molecular formula is C14H19NO2S. The summed E-state index contributed by atoms with van der Waals surface area (Å²) in [5, 5.41) is 1.08. The van der Waals surface area contributed by atoms with E-state index in [9.17, 15) is 0 Å². The van der Waals surface area contributed by atoms with E-state index >= 15 is 0 Å². The van der Waals surface area contributed by atoms with Crippen molar-refractivity contribution in [3.05, 3.63) is 24.3 Å². The lowest BCUT2D eigenvalue weighted by molar-refractivity contribution is 0.325. The van der Waals surface area contributed by atoms with Crippen LogP contribution < -0.4 is 9.47 Å². The number of nitrogens with zero attached hydrogens (tertiary/aromatic N) is 1. The summed E-state index contributed by atoms with van der Waals surface area (Å²) in [7, 11) is 1.64. The number of terminal acetylenes is 1. The number of thioether (sulfide) groups is 1. The van der Waals surface area contributed by atoms with Gasteiger partial charge in [-0.2, -0.15) is 0 Å². The molecule has 0 amide bonds. The van der Waals surface area contributed by atoms with Gasteiger partial charge in [-0.05, 0) is 25.3 Å². The van der Waals surface area contributed by atoms with Crippen LogP contribution in [0.2, 0.25) is 0 Å². The van der Waals surface area contributed by atoms with Crippen molar-refractivity contribution in [2.24, 2.45) is 4.99 Å². The third-order valence-electron chi connectivity index (χ3n) is 2.03. The number of methoxy groups -OCH3 is 1. The van der Waals surface area contributed by atoms with Gasteiger partial charge in [0.25, 0.3) is 0 Å². The summed E-state index contributed by atoms with van der Waals surface area (Å²) in [6.07, 6.45) is 10.0. The summed E-state index contributed by atoms with van der Waals surface area (Å²) in [5.41, 5.74) is 0. The fraction of sp³-hybridized carbons (Fsp3) is 0.357. The van der Waals surface area contributed by atoms with Crippen LogP contribution in [0.25, 0.3) is 0 Å². The molecule has 18 heavy (non-hydrogen) atoms. The minimum atomic E-state index is 0.588. The maximum atomic E-state index is 5.55. The van der Waals surface area contributed by atoms with Crippen LogP contribution >= 0.6 is 11.8 Å². The lowest BCUT2D eigenvalue weighted by Crippen LogP contribution is -2.02. The second-order valence-electron chi connectivity index (χ2n) is 3.13. The molecule has 0 atom stereocenters. The van der Waals surface area contributed by atoms with Crippen molar-refractivity contribution in [2.75, 3.05) is 26.5 Å². The maximum absolute atomic E-state index is 5.55. The minimum absolute atomic E-state index is 0.588. The van der Waals surface area contributed by atoms with E-state index < -0.39 is 0 Å². The van der Waals surface area contributed by atoms with Gasteiger partial charge in [-0.1, -0.05) is 6.07 Å². The molecule has 0 N–H and O–H groups in total. The SMILES string of the molecule is C#C.COc1cccc(OCCN=C(C)SC)c1. The zero-order valence-corrected chi connectivity index (χ0v) is 11.9. The first-order valence-electron chi connectivity index (χ1n) is 5.41. The Bertz CT molecular complexity index is 388. The lowest BCUT2D eigenvalue weighted by atomic mass is 10.3. The molecule has 0 unspecified atom stereocenters. The molecule has 0 aromatic heterocycles. The normalized spacial score (nSPS) is 10.2. The summed E-state index contributed by atoms with van der Waals surface area (Å²) in [6.45, 7) is 3.27. The topological polar surface area (TPSA) is 30.8 Å². The molecule has 98 valence electrons. The Morgan fingerprint density at radius 2 is 2.00 bits per heavy atom. The Kier molecular flexibility index (Phi) is 9.61. The standard InChI is InChI=1S/C12H17NO2S.C2H2/c1-10(16-3)13-7-8-15-12-6-4-5-11(9-12)14-2;1-2/h4-6,9H,7-8H2,1-3H3;1-2H. The maximum Gasteiger partial charge on any atom is 0.123 e. The zero-order chi connectivity index (χ0) is 13.8. The molecule has 0 bridgehead atoms. The predicted molar refractivity (Wildman–Crippen MR) is 79.9 cm³/mol. The molecule has 0 aliphatic carbocycles. The van der Waals surface area contributed by atoms with Gasteiger partial charge in [0, 0.05) is 6.07 Å². The first-order chi connectivity index (χ1) is 8.76. The highest BCUT2D eigenvalue weighted by molar-refractivity contribution is 8.13. The zero-order valence-electron chi connectivity index (χ0n) is 11.1. The van der Waals surface area contributed by atoms with Crippen molar-refractivity contribution in [1.82, 2.24) is 0 Å². The average molecular weight is 265 g/mol. The van der Waals surface area contributed by atoms with Crippen molar-refractivity contribution in [3.63, 3.8) is 0 Å². The molecule has 0 fully saturated rings. The Morgan fingerprint density at radius 1 is 1.33 bits per heavy atom. The molecule has 1 rings (SSSR count). The van der Waals surface area contributed by atoms with Crippen LogP contribution in [0, 0.1) is 12.8 Å². The summed E-state index contributed by atoms with van der Waals surface area (Å²) in [5.74, 6) is 1.62. The number of hydrogen-bond donors (Lipinski definition) is 0. The van der Waals surface area contributed by atoms with Gasteiger partial charge in [0.2, 0.25) is 0 Å². The van der Waals surface area contributed by atoms with Gasteiger partial charge in [0.15, 0.2) is 0 Å². The first kappa shape index (κ1) is 16.4. The molecule has 1 aromatic rings. The van der Waals surface area contributed by atoms with E-state index in [-0.39, 0.29) is 0 Å². The number of benzene rings is 1. The monoisotopic (exact) mass is 265 g/mol.